The van der Waals surface area contributed by atoms with Crippen molar-refractivity contribution in [1.82, 2.24) is 0 Å². The third-order valence-electron chi connectivity index (χ3n) is 2.75. The average Bonchev–Trinajstić information content (AvgIpc) is 2.48. The van der Waals surface area contributed by atoms with E-state index in [1.165, 1.54) is 25.3 Å². The van der Waals surface area contributed by atoms with Gasteiger partial charge in [0.1, 0.15) is 10.8 Å². The van der Waals surface area contributed by atoms with Crippen molar-refractivity contribution in [2.24, 2.45) is 0 Å². The van der Waals surface area contributed by atoms with Crippen LogP contribution in [-0.4, -0.2) is 17.9 Å². The maximum Gasteiger partial charge on any atom is 0.289 e. The molecule has 0 aromatic heterocycles. The topological polar surface area (TPSA) is 81.5 Å². The molecule has 0 spiro atoms. The van der Waals surface area contributed by atoms with Gasteiger partial charge in [-0.2, -0.15) is 0 Å². The van der Waals surface area contributed by atoms with Crippen LogP contribution < -0.4 is 10.1 Å². The molecule has 2 rings (SSSR count). The van der Waals surface area contributed by atoms with Crippen molar-refractivity contribution < 1.29 is 14.5 Å². The fraction of sp³-hybridized carbons (Fsp3) is 0.0714. The van der Waals surface area contributed by atoms with Crippen LogP contribution >= 0.6 is 11.6 Å². The zero-order chi connectivity index (χ0) is 15.4. The Hall–Kier alpha value is -2.60. The molecule has 7 heteroatoms. The van der Waals surface area contributed by atoms with Crippen molar-refractivity contribution in [3.05, 3.63) is 63.2 Å². The highest BCUT2D eigenvalue weighted by molar-refractivity contribution is 6.32. The number of methoxy groups -OCH3 is 1. The average molecular weight is 307 g/mol. The quantitative estimate of drug-likeness (QED) is 0.692. The lowest BCUT2D eigenvalue weighted by atomic mass is 10.2. The van der Waals surface area contributed by atoms with E-state index in [2.05, 4.69) is 5.32 Å². The summed E-state index contributed by atoms with van der Waals surface area (Å²) >= 11 is 5.72. The molecule has 0 aliphatic heterocycles. The minimum absolute atomic E-state index is 0.00953. The molecule has 0 saturated carbocycles. The summed E-state index contributed by atoms with van der Waals surface area (Å²) < 4.78 is 5.10. The highest BCUT2D eigenvalue weighted by Crippen LogP contribution is 2.28. The minimum Gasteiger partial charge on any atom is -0.496 e. The highest BCUT2D eigenvalue weighted by Gasteiger charge is 2.16. The number of rotatable bonds is 4. The van der Waals surface area contributed by atoms with Gasteiger partial charge in [-0.25, -0.2) is 0 Å². The summed E-state index contributed by atoms with van der Waals surface area (Å²) in [6, 6.07) is 10.7. The van der Waals surface area contributed by atoms with Crippen LogP contribution in [0.5, 0.6) is 5.75 Å². The molecule has 0 saturated heterocycles. The molecule has 0 aliphatic carbocycles. The minimum atomic E-state index is -0.610. The standard InChI is InChI=1S/C14H11ClN2O4/c1-21-13-5-3-2-4-10(13)14(18)16-9-6-7-11(15)12(8-9)17(19)20/h2-8H,1H3,(H,16,18). The first-order valence-corrected chi connectivity index (χ1v) is 6.29. The van der Waals surface area contributed by atoms with E-state index < -0.39 is 10.8 Å². The van der Waals surface area contributed by atoms with E-state index in [1.807, 2.05) is 0 Å². The summed E-state index contributed by atoms with van der Waals surface area (Å²) in [5, 5.41) is 13.4. The van der Waals surface area contributed by atoms with Crippen molar-refractivity contribution in [2.75, 3.05) is 12.4 Å². The molecular weight excluding hydrogens is 296 g/mol. The fourth-order valence-corrected chi connectivity index (χ4v) is 1.95. The Bertz CT molecular complexity index is 703. The molecule has 0 aliphatic rings. The number of nitro benzene ring substituents is 1. The summed E-state index contributed by atoms with van der Waals surface area (Å²) in [4.78, 5) is 22.4. The molecule has 2 aromatic rings. The first-order chi connectivity index (χ1) is 10.0. The predicted octanol–water partition coefficient (Wildman–Crippen LogP) is 3.51. The van der Waals surface area contributed by atoms with E-state index in [1.54, 1.807) is 24.3 Å². The Morgan fingerprint density at radius 3 is 2.67 bits per heavy atom. The summed E-state index contributed by atoms with van der Waals surface area (Å²) in [6.45, 7) is 0. The van der Waals surface area contributed by atoms with Gasteiger partial charge in [0.05, 0.1) is 17.6 Å². The maximum absolute atomic E-state index is 12.2. The number of hydrogen-bond acceptors (Lipinski definition) is 4. The summed E-state index contributed by atoms with van der Waals surface area (Å²) in [7, 11) is 1.46. The number of ether oxygens (including phenoxy) is 1. The van der Waals surface area contributed by atoms with Crippen LogP contribution in [-0.2, 0) is 0 Å². The molecule has 108 valence electrons. The third-order valence-corrected chi connectivity index (χ3v) is 3.07. The fourth-order valence-electron chi connectivity index (χ4n) is 1.76. The Balaban J connectivity index is 2.28. The van der Waals surface area contributed by atoms with E-state index in [4.69, 9.17) is 16.3 Å². The van der Waals surface area contributed by atoms with Gasteiger partial charge in [-0.15, -0.1) is 0 Å². The number of nitrogens with zero attached hydrogens (tertiary/aromatic N) is 1. The van der Waals surface area contributed by atoms with Crippen LogP contribution in [0, 0.1) is 10.1 Å². The number of para-hydroxylation sites is 1. The zero-order valence-electron chi connectivity index (χ0n) is 11.0. The molecule has 0 radical (unpaired) electrons. The molecule has 21 heavy (non-hydrogen) atoms. The Labute approximate surface area is 125 Å². The van der Waals surface area contributed by atoms with E-state index in [-0.39, 0.29) is 16.4 Å². The van der Waals surface area contributed by atoms with Crippen molar-refractivity contribution in [1.29, 1.82) is 0 Å². The van der Waals surface area contributed by atoms with Gasteiger partial charge >= 0.3 is 0 Å². The van der Waals surface area contributed by atoms with E-state index >= 15 is 0 Å². The summed E-state index contributed by atoms with van der Waals surface area (Å²) in [6.07, 6.45) is 0. The number of hydrogen-bond donors (Lipinski definition) is 1. The molecule has 2 aromatic carbocycles. The van der Waals surface area contributed by atoms with Crippen molar-refractivity contribution in [3.63, 3.8) is 0 Å². The van der Waals surface area contributed by atoms with Crippen molar-refractivity contribution in [3.8, 4) is 5.75 Å². The lowest BCUT2D eigenvalue weighted by Crippen LogP contribution is -2.13. The van der Waals surface area contributed by atoms with Crippen LogP contribution in [0.15, 0.2) is 42.5 Å². The number of anilines is 1. The van der Waals surface area contributed by atoms with E-state index in [0.717, 1.165) is 0 Å². The van der Waals surface area contributed by atoms with Gasteiger partial charge in [-0.3, -0.25) is 14.9 Å². The van der Waals surface area contributed by atoms with Gasteiger partial charge in [0.15, 0.2) is 0 Å². The third kappa shape index (κ3) is 3.29. The number of carbonyl (C=O) groups excluding carboxylic acids is 1. The molecule has 0 bridgehead atoms. The van der Waals surface area contributed by atoms with Gasteiger partial charge in [0.25, 0.3) is 11.6 Å². The second kappa shape index (κ2) is 6.23. The zero-order valence-corrected chi connectivity index (χ0v) is 11.8. The van der Waals surface area contributed by atoms with Crippen LogP contribution in [0.25, 0.3) is 0 Å². The lowest BCUT2D eigenvalue weighted by molar-refractivity contribution is -0.384. The predicted molar refractivity (Wildman–Crippen MR) is 79.1 cm³/mol. The summed E-state index contributed by atoms with van der Waals surface area (Å²) in [5.74, 6) is -0.0115. The molecule has 1 amide bonds. The largest absolute Gasteiger partial charge is 0.496 e. The van der Waals surface area contributed by atoms with E-state index in [0.29, 0.717) is 11.3 Å². The van der Waals surface area contributed by atoms with Crippen molar-refractivity contribution >= 4 is 28.9 Å². The van der Waals surface area contributed by atoms with Gasteiger partial charge in [-0.1, -0.05) is 23.7 Å². The molecule has 0 heterocycles. The van der Waals surface area contributed by atoms with Gasteiger partial charge in [0.2, 0.25) is 0 Å². The monoisotopic (exact) mass is 306 g/mol. The second-order valence-corrected chi connectivity index (χ2v) is 4.48. The SMILES string of the molecule is COc1ccccc1C(=O)Nc1ccc(Cl)c([N+](=O)[O-])c1. The number of benzene rings is 2. The normalized spacial score (nSPS) is 10.0. The number of carbonyl (C=O) groups is 1. The molecule has 0 fully saturated rings. The number of amides is 1. The number of nitro groups is 1. The lowest BCUT2D eigenvalue weighted by Gasteiger charge is -2.09. The van der Waals surface area contributed by atoms with Crippen LogP contribution in [0.4, 0.5) is 11.4 Å². The maximum atomic E-state index is 12.2. The van der Waals surface area contributed by atoms with Gasteiger partial charge in [-0.05, 0) is 24.3 Å². The Kier molecular flexibility index (Phi) is 4.39. The second-order valence-electron chi connectivity index (χ2n) is 4.08. The molecule has 0 unspecified atom stereocenters. The van der Waals surface area contributed by atoms with Gasteiger partial charge in [0, 0.05) is 11.8 Å². The number of halogens is 1. The molecule has 1 N–H and O–H groups in total. The van der Waals surface area contributed by atoms with Crippen molar-refractivity contribution in [2.45, 2.75) is 0 Å². The van der Waals surface area contributed by atoms with Crippen LogP contribution in [0.2, 0.25) is 5.02 Å². The summed E-state index contributed by atoms with van der Waals surface area (Å²) in [5.41, 5.74) is 0.342. The smallest absolute Gasteiger partial charge is 0.289 e. The highest BCUT2D eigenvalue weighted by atomic mass is 35.5. The Morgan fingerprint density at radius 1 is 1.29 bits per heavy atom. The first kappa shape index (κ1) is 14.8. The van der Waals surface area contributed by atoms with Gasteiger partial charge < -0.3 is 10.1 Å². The molecule has 0 atom stereocenters. The first-order valence-electron chi connectivity index (χ1n) is 5.91. The van der Waals surface area contributed by atoms with Crippen LogP contribution in [0.1, 0.15) is 10.4 Å². The Morgan fingerprint density at radius 2 is 2.00 bits per heavy atom. The molecular formula is C14H11ClN2O4. The molecule has 6 nitrogen and oxygen atoms in total. The van der Waals surface area contributed by atoms with Crippen LogP contribution in [0.3, 0.4) is 0 Å². The van der Waals surface area contributed by atoms with E-state index in [9.17, 15) is 14.9 Å². The number of nitrogens with one attached hydrogen (secondary N) is 1.